The number of rotatable bonds is 0. The van der Waals surface area contributed by atoms with E-state index < -0.39 is 0 Å². The van der Waals surface area contributed by atoms with Crippen LogP contribution in [0.4, 0.5) is 0 Å². The fourth-order valence-electron chi connectivity index (χ4n) is 1.94. The van der Waals surface area contributed by atoms with E-state index in [1.54, 1.807) is 0 Å². The summed E-state index contributed by atoms with van der Waals surface area (Å²) in [5.74, 6) is 0. The maximum atomic E-state index is 2.25. The smallest absolute Gasteiger partial charge is 0.0218 e. The fourth-order valence-corrected chi connectivity index (χ4v) is 4.46. The fraction of sp³-hybridized carbons (Fsp3) is 0.143. The largest absolute Gasteiger partial charge is 0.0619 e. The molecule has 2 aromatic rings. The summed E-state index contributed by atoms with van der Waals surface area (Å²) in [5, 5.41) is 0. The lowest BCUT2D eigenvalue weighted by molar-refractivity contribution is 0.914. The average molecular weight is 244 g/mol. The van der Waals surface area contributed by atoms with E-state index in [9.17, 15) is 0 Å². The lowest BCUT2D eigenvalue weighted by Gasteiger charge is -2.15. The second-order valence-corrected chi connectivity index (χ2v) is 6.10. The first-order chi connectivity index (χ1) is 7.93. The van der Waals surface area contributed by atoms with Crippen molar-refractivity contribution in [1.82, 2.24) is 0 Å². The Morgan fingerprint density at radius 2 is 1.06 bits per heavy atom. The summed E-state index contributed by atoms with van der Waals surface area (Å²) in [5.41, 5.74) is 2.96. The van der Waals surface area contributed by atoms with Gasteiger partial charge in [0.1, 0.15) is 0 Å². The van der Waals surface area contributed by atoms with Crippen LogP contribution in [0.5, 0.6) is 0 Å². The van der Waals surface area contributed by atoms with Crippen molar-refractivity contribution in [1.29, 1.82) is 0 Å². The molecule has 3 rings (SSSR count). The van der Waals surface area contributed by atoms with Crippen molar-refractivity contribution in [3.63, 3.8) is 0 Å². The Hall–Kier alpha value is -0.860. The highest BCUT2D eigenvalue weighted by Crippen LogP contribution is 2.42. The van der Waals surface area contributed by atoms with Crippen LogP contribution < -0.4 is 0 Å². The second kappa shape index (κ2) is 4.56. The SMILES string of the molecule is c1ccc2c(c1)CCc1ccccc1SS2. The molecule has 0 amide bonds. The van der Waals surface area contributed by atoms with Crippen LogP contribution in [0.2, 0.25) is 0 Å². The molecule has 1 aliphatic heterocycles. The highest BCUT2D eigenvalue weighted by molar-refractivity contribution is 8.76. The van der Waals surface area contributed by atoms with Crippen molar-refractivity contribution in [2.45, 2.75) is 22.6 Å². The molecule has 0 radical (unpaired) electrons. The van der Waals surface area contributed by atoms with E-state index in [1.165, 1.54) is 20.9 Å². The Labute approximate surface area is 104 Å². The third-order valence-electron chi connectivity index (χ3n) is 2.83. The van der Waals surface area contributed by atoms with Gasteiger partial charge in [0, 0.05) is 9.79 Å². The van der Waals surface area contributed by atoms with Crippen molar-refractivity contribution in [2.75, 3.05) is 0 Å². The molecular weight excluding hydrogens is 232 g/mol. The molecule has 16 heavy (non-hydrogen) atoms. The predicted octanol–water partition coefficient (Wildman–Crippen LogP) is 4.58. The Kier molecular flexibility index (Phi) is 2.94. The number of hydrogen-bond donors (Lipinski definition) is 0. The van der Waals surface area contributed by atoms with Gasteiger partial charge >= 0.3 is 0 Å². The number of fused-ring (bicyclic) bond motifs is 2. The second-order valence-electron chi connectivity index (χ2n) is 3.88. The van der Waals surface area contributed by atoms with E-state index in [4.69, 9.17) is 0 Å². The van der Waals surface area contributed by atoms with Gasteiger partial charge in [0.15, 0.2) is 0 Å². The summed E-state index contributed by atoms with van der Waals surface area (Å²) in [6, 6.07) is 17.5. The van der Waals surface area contributed by atoms with Gasteiger partial charge in [-0.1, -0.05) is 58.0 Å². The van der Waals surface area contributed by atoms with Gasteiger partial charge in [-0.15, -0.1) is 0 Å². The molecule has 0 bridgehead atoms. The van der Waals surface area contributed by atoms with Crippen LogP contribution in [-0.2, 0) is 12.8 Å². The van der Waals surface area contributed by atoms with E-state index >= 15 is 0 Å². The summed E-state index contributed by atoms with van der Waals surface area (Å²) in [6.45, 7) is 0. The summed E-state index contributed by atoms with van der Waals surface area (Å²) in [6.07, 6.45) is 2.31. The van der Waals surface area contributed by atoms with Crippen molar-refractivity contribution in [3.8, 4) is 0 Å². The van der Waals surface area contributed by atoms with Crippen LogP contribution >= 0.6 is 21.6 Å². The van der Waals surface area contributed by atoms with Gasteiger partial charge in [-0.05, 0) is 36.1 Å². The summed E-state index contributed by atoms with van der Waals surface area (Å²) < 4.78 is 0. The Bertz CT molecular complexity index is 412. The van der Waals surface area contributed by atoms with Crippen LogP contribution in [0.3, 0.4) is 0 Å². The first-order valence-corrected chi connectivity index (χ1v) is 7.59. The van der Waals surface area contributed by atoms with Gasteiger partial charge in [0.05, 0.1) is 0 Å². The highest BCUT2D eigenvalue weighted by Gasteiger charge is 2.11. The van der Waals surface area contributed by atoms with Crippen LogP contribution in [-0.4, -0.2) is 0 Å². The third kappa shape index (κ3) is 2.00. The molecule has 0 nitrogen and oxygen atoms in total. The number of hydrogen-bond acceptors (Lipinski definition) is 2. The van der Waals surface area contributed by atoms with Gasteiger partial charge in [0.2, 0.25) is 0 Å². The Balaban J connectivity index is 1.97. The molecule has 0 aromatic heterocycles. The van der Waals surface area contributed by atoms with E-state index in [0.717, 1.165) is 12.8 Å². The number of benzene rings is 2. The molecule has 0 N–H and O–H groups in total. The molecule has 2 aromatic carbocycles. The lowest BCUT2D eigenvalue weighted by atomic mass is 10.0. The molecule has 0 saturated heterocycles. The molecule has 0 atom stereocenters. The normalized spacial score (nSPS) is 14.5. The molecule has 0 aliphatic carbocycles. The highest BCUT2D eigenvalue weighted by atomic mass is 33.1. The van der Waals surface area contributed by atoms with Crippen molar-refractivity contribution >= 4 is 21.6 Å². The average Bonchev–Trinajstić information content (AvgIpc) is 2.32. The molecule has 0 fully saturated rings. The van der Waals surface area contributed by atoms with Gasteiger partial charge in [-0.3, -0.25) is 0 Å². The summed E-state index contributed by atoms with van der Waals surface area (Å²) >= 11 is 0. The van der Waals surface area contributed by atoms with Crippen LogP contribution in [0.1, 0.15) is 11.1 Å². The summed E-state index contributed by atoms with van der Waals surface area (Å²) in [4.78, 5) is 2.84. The number of aryl methyl sites for hydroxylation is 2. The Morgan fingerprint density at radius 3 is 1.56 bits per heavy atom. The minimum Gasteiger partial charge on any atom is -0.0619 e. The Morgan fingerprint density at radius 1 is 0.625 bits per heavy atom. The molecule has 2 heteroatoms. The van der Waals surface area contributed by atoms with Crippen LogP contribution in [0.25, 0.3) is 0 Å². The first-order valence-electron chi connectivity index (χ1n) is 5.44. The van der Waals surface area contributed by atoms with Crippen LogP contribution in [0.15, 0.2) is 58.3 Å². The van der Waals surface area contributed by atoms with E-state index in [1.807, 2.05) is 21.6 Å². The monoisotopic (exact) mass is 244 g/mol. The minimum absolute atomic E-state index is 1.15. The van der Waals surface area contributed by atoms with Gasteiger partial charge in [0.25, 0.3) is 0 Å². The molecule has 0 saturated carbocycles. The quantitative estimate of drug-likeness (QED) is 0.622. The maximum absolute atomic E-state index is 2.25. The van der Waals surface area contributed by atoms with E-state index in [0.29, 0.717) is 0 Å². The molecule has 1 heterocycles. The molecule has 1 aliphatic rings. The molecular formula is C14H12S2. The zero-order valence-corrected chi connectivity index (χ0v) is 10.5. The first kappa shape index (κ1) is 10.3. The standard InChI is InChI=1S/C14H12S2/c1-3-7-13-11(5-1)9-10-12-6-2-4-8-14(12)16-15-13/h1-8H,9-10H2. The van der Waals surface area contributed by atoms with Crippen molar-refractivity contribution in [3.05, 3.63) is 59.7 Å². The molecule has 0 unspecified atom stereocenters. The third-order valence-corrected chi connectivity index (χ3v) is 5.40. The van der Waals surface area contributed by atoms with Crippen molar-refractivity contribution in [2.24, 2.45) is 0 Å². The minimum atomic E-state index is 1.15. The predicted molar refractivity (Wildman–Crippen MR) is 72.0 cm³/mol. The maximum Gasteiger partial charge on any atom is 0.0218 e. The van der Waals surface area contributed by atoms with E-state index in [-0.39, 0.29) is 0 Å². The lowest BCUT2D eigenvalue weighted by Crippen LogP contribution is -1.96. The van der Waals surface area contributed by atoms with E-state index in [2.05, 4.69) is 48.5 Å². The van der Waals surface area contributed by atoms with Crippen molar-refractivity contribution < 1.29 is 0 Å². The van der Waals surface area contributed by atoms with Gasteiger partial charge in [-0.2, -0.15) is 0 Å². The summed E-state index contributed by atoms with van der Waals surface area (Å²) in [7, 11) is 3.76. The van der Waals surface area contributed by atoms with Gasteiger partial charge in [-0.25, -0.2) is 0 Å². The zero-order chi connectivity index (χ0) is 10.8. The topological polar surface area (TPSA) is 0 Å². The molecule has 80 valence electrons. The zero-order valence-electron chi connectivity index (χ0n) is 8.85. The molecule has 0 spiro atoms. The van der Waals surface area contributed by atoms with Gasteiger partial charge < -0.3 is 0 Å². The van der Waals surface area contributed by atoms with Crippen LogP contribution in [0, 0.1) is 0 Å².